The maximum Gasteiger partial charge on any atom is 0.119 e. The van der Waals surface area contributed by atoms with E-state index >= 15 is 0 Å². The van der Waals surface area contributed by atoms with Crippen LogP contribution in [0.1, 0.15) is 31.2 Å². The third kappa shape index (κ3) is 3.22. The van der Waals surface area contributed by atoms with Gasteiger partial charge in [-0.15, -0.1) is 0 Å². The number of nitrogens with two attached hydrogens (primary N) is 1. The summed E-state index contributed by atoms with van der Waals surface area (Å²) in [4.78, 5) is 0. The van der Waals surface area contributed by atoms with Crippen molar-refractivity contribution in [1.29, 1.82) is 0 Å². The van der Waals surface area contributed by atoms with Gasteiger partial charge >= 0.3 is 0 Å². The number of hydrogen-bond donors (Lipinski definition) is 3. The summed E-state index contributed by atoms with van der Waals surface area (Å²) >= 11 is 0. The second-order valence-electron chi connectivity index (χ2n) is 4.18. The average molecular weight is 223 g/mol. The van der Waals surface area contributed by atoms with E-state index < -0.39 is 0 Å². The molecule has 1 aromatic carbocycles. The summed E-state index contributed by atoms with van der Waals surface area (Å²) in [6.45, 7) is 2.68. The normalized spacial score (nSPS) is 14.7. The van der Waals surface area contributed by atoms with Crippen LogP contribution in [0.2, 0.25) is 0 Å². The van der Waals surface area contributed by atoms with Crippen molar-refractivity contribution in [1.82, 2.24) is 0 Å². The molecule has 0 saturated carbocycles. The van der Waals surface area contributed by atoms with Crippen LogP contribution in [0.4, 0.5) is 0 Å². The van der Waals surface area contributed by atoms with Crippen molar-refractivity contribution in [3.8, 4) is 5.75 Å². The lowest BCUT2D eigenvalue weighted by Crippen LogP contribution is -2.20. The molecule has 0 aromatic heterocycles. The predicted octanol–water partition coefficient (Wildman–Crippen LogP) is 1.84. The van der Waals surface area contributed by atoms with Gasteiger partial charge in [0.25, 0.3) is 0 Å². The number of aliphatic hydroxyl groups is 1. The van der Waals surface area contributed by atoms with E-state index in [-0.39, 0.29) is 18.4 Å². The number of aromatic hydroxyl groups is 1. The first kappa shape index (κ1) is 13.0. The largest absolute Gasteiger partial charge is 0.508 e. The van der Waals surface area contributed by atoms with Crippen molar-refractivity contribution in [2.45, 2.75) is 25.7 Å². The molecule has 16 heavy (non-hydrogen) atoms. The molecule has 0 aliphatic carbocycles. The molecule has 3 heteroatoms. The number of benzene rings is 1. The maximum atomic E-state index is 9.78. The van der Waals surface area contributed by atoms with E-state index in [1.807, 2.05) is 18.2 Å². The van der Waals surface area contributed by atoms with Gasteiger partial charge in [0.05, 0.1) is 0 Å². The highest BCUT2D eigenvalue weighted by Crippen LogP contribution is 2.32. The third-order valence-electron chi connectivity index (χ3n) is 3.08. The summed E-state index contributed by atoms with van der Waals surface area (Å²) in [5.41, 5.74) is 6.54. The topological polar surface area (TPSA) is 66.5 Å². The number of phenolic OH excluding ortho intramolecular Hbond substituents is 1. The van der Waals surface area contributed by atoms with Gasteiger partial charge in [-0.25, -0.2) is 0 Å². The summed E-state index contributed by atoms with van der Waals surface area (Å²) in [6, 6.07) is 7.38. The Morgan fingerprint density at radius 3 is 2.50 bits per heavy atom. The van der Waals surface area contributed by atoms with E-state index in [1.165, 1.54) is 0 Å². The van der Waals surface area contributed by atoms with Crippen LogP contribution >= 0.6 is 0 Å². The summed E-state index contributed by atoms with van der Waals surface area (Å²) in [6.07, 6.45) is 1.76. The minimum atomic E-state index is 0.112. The molecule has 90 valence electrons. The van der Waals surface area contributed by atoms with Gasteiger partial charge in [-0.3, -0.25) is 0 Å². The van der Waals surface area contributed by atoms with Crippen LogP contribution in [0, 0.1) is 5.92 Å². The fraction of sp³-hybridized carbons (Fsp3) is 0.538. The standard InChI is InChI=1S/C13H21NO2/c1-2-11(7-10(8-14)9-15)12-5-3-4-6-13(12)16/h3-6,10-11,15-16H,2,7-9,14H2,1H3. The molecule has 0 bridgehead atoms. The van der Waals surface area contributed by atoms with E-state index in [0.29, 0.717) is 12.3 Å². The van der Waals surface area contributed by atoms with Gasteiger partial charge in [0, 0.05) is 6.61 Å². The van der Waals surface area contributed by atoms with Crippen LogP contribution in [0.25, 0.3) is 0 Å². The van der Waals surface area contributed by atoms with E-state index in [4.69, 9.17) is 10.8 Å². The fourth-order valence-corrected chi connectivity index (χ4v) is 1.99. The van der Waals surface area contributed by atoms with Crippen LogP contribution in [-0.4, -0.2) is 23.4 Å². The highest BCUT2D eigenvalue weighted by atomic mass is 16.3. The first-order chi connectivity index (χ1) is 7.72. The lowest BCUT2D eigenvalue weighted by molar-refractivity contribution is 0.214. The summed E-state index contributed by atoms with van der Waals surface area (Å²) in [7, 11) is 0. The van der Waals surface area contributed by atoms with E-state index in [0.717, 1.165) is 18.4 Å². The smallest absolute Gasteiger partial charge is 0.119 e. The maximum absolute atomic E-state index is 9.78. The zero-order valence-electron chi connectivity index (χ0n) is 9.76. The van der Waals surface area contributed by atoms with E-state index in [1.54, 1.807) is 6.07 Å². The van der Waals surface area contributed by atoms with Crippen LogP contribution in [-0.2, 0) is 0 Å². The van der Waals surface area contributed by atoms with E-state index in [9.17, 15) is 5.11 Å². The predicted molar refractivity (Wildman–Crippen MR) is 65.4 cm³/mol. The van der Waals surface area contributed by atoms with Gasteiger partial charge in [-0.2, -0.15) is 0 Å². The molecular weight excluding hydrogens is 202 g/mol. The highest BCUT2D eigenvalue weighted by molar-refractivity contribution is 5.34. The Morgan fingerprint density at radius 1 is 1.31 bits per heavy atom. The molecule has 0 spiro atoms. The molecule has 0 saturated heterocycles. The monoisotopic (exact) mass is 223 g/mol. The van der Waals surface area contributed by atoms with Crippen LogP contribution in [0.3, 0.4) is 0 Å². The van der Waals surface area contributed by atoms with Crippen molar-refractivity contribution >= 4 is 0 Å². The van der Waals surface area contributed by atoms with Gasteiger partial charge in [0.1, 0.15) is 5.75 Å². The number of aliphatic hydroxyl groups excluding tert-OH is 1. The van der Waals surface area contributed by atoms with Crippen molar-refractivity contribution in [3.63, 3.8) is 0 Å². The Labute approximate surface area is 96.9 Å². The van der Waals surface area contributed by atoms with E-state index in [2.05, 4.69) is 6.92 Å². The number of para-hydroxylation sites is 1. The molecule has 0 aliphatic rings. The first-order valence-electron chi connectivity index (χ1n) is 5.81. The molecule has 4 N–H and O–H groups in total. The van der Waals surface area contributed by atoms with Crippen molar-refractivity contribution in [3.05, 3.63) is 29.8 Å². The van der Waals surface area contributed by atoms with Crippen LogP contribution in [0.15, 0.2) is 24.3 Å². The Morgan fingerprint density at radius 2 is 2.00 bits per heavy atom. The summed E-state index contributed by atoms with van der Waals surface area (Å²) in [5, 5.41) is 18.9. The molecule has 1 aromatic rings. The minimum absolute atomic E-state index is 0.112. The molecule has 0 fully saturated rings. The Balaban J connectivity index is 2.78. The SMILES string of the molecule is CCC(CC(CN)CO)c1ccccc1O. The minimum Gasteiger partial charge on any atom is -0.508 e. The van der Waals surface area contributed by atoms with Crippen molar-refractivity contribution < 1.29 is 10.2 Å². The van der Waals surface area contributed by atoms with Gasteiger partial charge in [-0.1, -0.05) is 25.1 Å². The number of hydrogen-bond acceptors (Lipinski definition) is 3. The second-order valence-corrected chi connectivity index (χ2v) is 4.18. The fourth-order valence-electron chi connectivity index (χ4n) is 1.99. The first-order valence-corrected chi connectivity index (χ1v) is 5.81. The molecule has 0 radical (unpaired) electrons. The third-order valence-corrected chi connectivity index (χ3v) is 3.08. The molecule has 2 unspecified atom stereocenters. The van der Waals surface area contributed by atoms with Gasteiger partial charge in [-0.05, 0) is 42.9 Å². The van der Waals surface area contributed by atoms with Gasteiger partial charge in [0.15, 0.2) is 0 Å². The molecule has 0 aliphatic heterocycles. The lowest BCUT2D eigenvalue weighted by atomic mass is 9.87. The molecule has 0 amide bonds. The highest BCUT2D eigenvalue weighted by Gasteiger charge is 2.17. The average Bonchev–Trinajstić information content (AvgIpc) is 2.32. The van der Waals surface area contributed by atoms with Crippen molar-refractivity contribution in [2.24, 2.45) is 11.7 Å². The van der Waals surface area contributed by atoms with Crippen molar-refractivity contribution in [2.75, 3.05) is 13.2 Å². The lowest BCUT2D eigenvalue weighted by Gasteiger charge is -2.21. The quantitative estimate of drug-likeness (QED) is 0.689. The summed E-state index contributed by atoms with van der Waals surface area (Å²) in [5.74, 6) is 0.717. The summed E-state index contributed by atoms with van der Waals surface area (Å²) < 4.78 is 0. The van der Waals surface area contributed by atoms with Crippen LogP contribution < -0.4 is 5.73 Å². The number of rotatable bonds is 6. The van der Waals surface area contributed by atoms with Crippen LogP contribution in [0.5, 0.6) is 5.75 Å². The zero-order valence-corrected chi connectivity index (χ0v) is 9.76. The molecule has 0 heterocycles. The number of phenols is 1. The molecule has 1 rings (SSSR count). The Kier molecular flexibility index (Phi) is 5.29. The molecular formula is C13H21NO2. The Hall–Kier alpha value is -1.06. The van der Waals surface area contributed by atoms with Gasteiger partial charge in [0.2, 0.25) is 0 Å². The molecule has 3 nitrogen and oxygen atoms in total. The second kappa shape index (κ2) is 6.51. The van der Waals surface area contributed by atoms with Gasteiger partial charge < -0.3 is 15.9 Å². The Bertz CT molecular complexity index is 311. The zero-order chi connectivity index (χ0) is 12.0. The molecule has 2 atom stereocenters.